The van der Waals surface area contributed by atoms with Gasteiger partial charge in [0.2, 0.25) is 5.78 Å². The van der Waals surface area contributed by atoms with Crippen molar-refractivity contribution in [3.63, 3.8) is 0 Å². The first-order chi connectivity index (χ1) is 10.1. The van der Waals surface area contributed by atoms with E-state index in [1.165, 1.54) is 23.7 Å². The van der Waals surface area contributed by atoms with E-state index in [4.69, 9.17) is 4.42 Å². The minimum atomic E-state index is -0.267. The van der Waals surface area contributed by atoms with E-state index in [1.807, 2.05) is 24.4 Å². The molecule has 3 heterocycles. The third-order valence-electron chi connectivity index (χ3n) is 2.87. The molecule has 0 aromatic carbocycles. The van der Waals surface area contributed by atoms with Gasteiger partial charge in [0.1, 0.15) is 0 Å². The van der Waals surface area contributed by atoms with Crippen LogP contribution >= 0.6 is 22.7 Å². The first-order valence-corrected chi connectivity index (χ1v) is 7.87. The second kappa shape index (κ2) is 5.67. The summed E-state index contributed by atoms with van der Waals surface area (Å²) in [6, 6.07) is 5.25. The number of aromatic amines is 1. The van der Waals surface area contributed by atoms with Crippen LogP contribution in [0.4, 0.5) is 0 Å². The molecule has 1 N–H and O–H groups in total. The summed E-state index contributed by atoms with van der Waals surface area (Å²) in [5, 5.41) is 1.98. The molecule has 6 heteroatoms. The molecule has 0 aliphatic carbocycles. The molecule has 0 saturated carbocycles. The summed E-state index contributed by atoms with van der Waals surface area (Å²) in [4.78, 5) is 27.5. The van der Waals surface area contributed by atoms with Gasteiger partial charge in [-0.1, -0.05) is 0 Å². The average molecular weight is 317 g/mol. The highest BCUT2D eigenvalue weighted by molar-refractivity contribution is 7.11. The Morgan fingerprint density at radius 2 is 2.24 bits per heavy atom. The Morgan fingerprint density at radius 3 is 2.90 bits per heavy atom. The van der Waals surface area contributed by atoms with Gasteiger partial charge in [-0.15, -0.1) is 22.7 Å². The number of hydrogen-bond donors (Lipinski definition) is 1. The van der Waals surface area contributed by atoms with Crippen molar-refractivity contribution < 1.29 is 9.21 Å². The third kappa shape index (κ3) is 2.96. The molecule has 0 spiro atoms. The Hall–Kier alpha value is -2.18. The zero-order valence-corrected chi connectivity index (χ0v) is 12.7. The molecule has 4 nitrogen and oxygen atoms in total. The maximum atomic E-state index is 11.9. The van der Waals surface area contributed by atoms with E-state index in [2.05, 4.69) is 4.98 Å². The number of ketones is 1. The molecule has 21 heavy (non-hydrogen) atoms. The lowest BCUT2D eigenvalue weighted by molar-refractivity contribution is 0.103. The second-order valence-electron chi connectivity index (χ2n) is 4.38. The van der Waals surface area contributed by atoms with Crippen molar-refractivity contribution in [2.24, 2.45) is 0 Å². The molecular formula is C15H11NO3S2. The fraction of sp³-hybridized carbons (Fsp3) is 0.0667. The molecule has 3 aromatic heterocycles. The van der Waals surface area contributed by atoms with Crippen LogP contribution in [-0.2, 0) is 0 Å². The summed E-state index contributed by atoms with van der Waals surface area (Å²) < 4.78 is 6.13. The molecule has 0 aliphatic heterocycles. The molecule has 3 rings (SSSR count). The molecule has 0 unspecified atom stereocenters. The van der Waals surface area contributed by atoms with Crippen molar-refractivity contribution in [2.45, 2.75) is 6.92 Å². The van der Waals surface area contributed by atoms with Gasteiger partial charge in [0.25, 0.3) is 5.56 Å². The quantitative estimate of drug-likeness (QED) is 0.750. The molecule has 0 aliphatic rings. The molecule has 0 amide bonds. The Balaban J connectivity index is 2.03. The van der Waals surface area contributed by atoms with E-state index in [9.17, 15) is 9.59 Å². The lowest BCUT2D eigenvalue weighted by Gasteiger charge is -1.85. The highest BCUT2D eigenvalue weighted by Gasteiger charge is 2.05. The van der Waals surface area contributed by atoms with Crippen LogP contribution in [0.2, 0.25) is 0 Å². The van der Waals surface area contributed by atoms with E-state index < -0.39 is 0 Å². The van der Waals surface area contributed by atoms with Crippen LogP contribution in [0.3, 0.4) is 0 Å². The highest BCUT2D eigenvalue weighted by Crippen LogP contribution is 2.15. The van der Waals surface area contributed by atoms with Gasteiger partial charge in [-0.05, 0) is 42.1 Å². The summed E-state index contributed by atoms with van der Waals surface area (Å²) in [6.45, 7) is 2.00. The van der Waals surface area contributed by atoms with E-state index in [1.54, 1.807) is 23.5 Å². The SMILES string of the molecule is Cc1ccsc1/C=c1\s/c(=C\C(=O)c2ccco2)[nH]c1=O. The van der Waals surface area contributed by atoms with Gasteiger partial charge in [0, 0.05) is 11.0 Å². The molecule has 0 atom stereocenters. The highest BCUT2D eigenvalue weighted by atomic mass is 32.1. The van der Waals surface area contributed by atoms with Crippen LogP contribution in [0.1, 0.15) is 21.0 Å². The number of furan rings is 1. The third-order valence-corrected chi connectivity index (χ3v) is 4.80. The number of carbonyl (C=O) groups is 1. The first-order valence-electron chi connectivity index (χ1n) is 6.18. The van der Waals surface area contributed by atoms with Crippen molar-refractivity contribution in [2.75, 3.05) is 0 Å². The van der Waals surface area contributed by atoms with Crippen molar-refractivity contribution in [1.29, 1.82) is 0 Å². The Bertz CT molecular complexity index is 942. The lowest BCUT2D eigenvalue weighted by Crippen LogP contribution is -2.19. The zero-order valence-electron chi connectivity index (χ0n) is 11.1. The predicted octanol–water partition coefficient (Wildman–Crippen LogP) is 1.89. The summed E-state index contributed by atoms with van der Waals surface area (Å²) in [6.07, 6.45) is 4.67. The maximum Gasteiger partial charge on any atom is 0.266 e. The Morgan fingerprint density at radius 1 is 1.38 bits per heavy atom. The number of hydrogen-bond acceptors (Lipinski definition) is 5. The largest absolute Gasteiger partial charge is 0.461 e. The van der Waals surface area contributed by atoms with Gasteiger partial charge in [-0.3, -0.25) is 9.59 Å². The van der Waals surface area contributed by atoms with E-state index >= 15 is 0 Å². The normalized spacial score (nSPS) is 13.0. The van der Waals surface area contributed by atoms with E-state index in [0.717, 1.165) is 10.4 Å². The number of aryl methyl sites for hydroxylation is 1. The van der Waals surface area contributed by atoms with E-state index in [-0.39, 0.29) is 17.1 Å². The van der Waals surface area contributed by atoms with E-state index in [0.29, 0.717) is 9.20 Å². The maximum absolute atomic E-state index is 11.9. The number of rotatable bonds is 3. The molecule has 0 bridgehead atoms. The van der Waals surface area contributed by atoms with Crippen LogP contribution in [0.25, 0.3) is 12.2 Å². The monoisotopic (exact) mass is 317 g/mol. The average Bonchev–Trinajstić information content (AvgIpc) is 3.15. The number of thiophene rings is 1. The van der Waals surface area contributed by atoms with Crippen LogP contribution in [0, 0.1) is 6.92 Å². The number of carbonyl (C=O) groups excluding carboxylic acids is 1. The zero-order chi connectivity index (χ0) is 14.8. The summed E-state index contributed by atoms with van der Waals surface area (Å²) in [7, 11) is 0. The van der Waals surface area contributed by atoms with Crippen molar-refractivity contribution in [1.82, 2.24) is 4.98 Å². The molecule has 106 valence electrons. The Kier molecular flexibility index (Phi) is 3.72. The smallest absolute Gasteiger partial charge is 0.266 e. The minimum absolute atomic E-state index is 0.189. The number of Topliss-reactive ketones (excluding diaryl/α,β-unsaturated/α-hetero) is 1. The summed E-state index contributed by atoms with van der Waals surface area (Å²) in [5.41, 5.74) is 0.941. The summed E-state index contributed by atoms with van der Waals surface area (Å²) >= 11 is 2.84. The van der Waals surface area contributed by atoms with Gasteiger partial charge in [-0.2, -0.15) is 0 Å². The van der Waals surface area contributed by atoms with Gasteiger partial charge in [-0.25, -0.2) is 0 Å². The fourth-order valence-corrected chi connectivity index (χ4v) is 3.59. The second-order valence-corrected chi connectivity index (χ2v) is 6.41. The van der Waals surface area contributed by atoms with Gasteiger partial charge < -0.3 is 9.40 Å². The number of aromatic nitrogens is 1. The Labute approximate surface area is 127 Å². The predicted molar refractivity (Wildman–Crippen MR) is 84.3 cm³/mol. The summed E-state index contributed by atoms with van der Waals surface area (Å²) in [5.74, 6) is -0.0137. The molecule has 0 saturated heterocycles. The minimum Gasteiger partial charge on any atom is -0.461 e. The fourth-order valence-electron chi connectivity index (χ4n) is 1.78. The van der Waals surface area contributed by atoms with Crippen LogP contribution in [-0.4, -0.2) is 10.8 Å². The first kappa shape index (κ1) is 13.8. The lowest BCUT2D eigenvalue weighted by atomic mass is 10.3. The number of H-pyrrole nitrogens is 1. The molecule has 0 radical (unpaired) electrons. The van der Waals surface area contributed by atoms with Crippen LogP contribution in [0.15, 0.2) is 39.1 Å². The molecule has 3 aromatic rings. The molecule has 0 fully saturated rings. The van der Waals surface area contributed by atoms with Crippen molar-refractivity contribution in [3.8, 4) is 0 Å². The van der Waals surface area contributed by atoms with Gasteiger partial charge >= 0.3 is 0 Å². The van der Waals surface area contributed by atoms with Crippen LogP contribution in [0.5, 0.6) is 0 Å². The van der Waals surface area contributed by atoms with Crippen molar-refractivity contribution >= 4 is 40.6 Å². The van der Waals surface area contributed by atoms with Crippen LogP contribution < -0.4 is 14.8 Å². The number of thiazole rings is 1. The topological polar surface area (TPSA) is 63.1 Å². The van der Waals surface area contributed by atoms with Gasteiger partial charge in [0.05, 0.1) is 15.5 Å². The standard InChI is InChI=1S/C15H11NO3S2/c1-9-4-6-20-12(9)8-13-15(18)16-14(21-13)7-10(17)11-3-2-5-19-11/h2-8H,1H3,(H,16,18)/b13-8-,14-7-. The van der Waals surface area contributed by atoms with Crippen molar-refractivity contribution in [3.05, 3.63) is 65.6 Å². The number of nitrogens with one attached hydrogen (secondary N) is 1. The van der Waals surface area contributed by atoms with Gasteiger partial charge in [0.15, 0.2) is 5.76 Å². The molecular weight excluding hydrogens is 306 g/mol.